The molecule has 1 rings (SSSR count). The fourth-order valence-electron chi connectivity index (χ4n) is 1.57. The van der Waals surface area contributed by atoms with Crippen molar-refractivity contribution >= 4 is 0 Å². The zero-order valence-electron chi connectivity index (χ0n) is 9.49. The number of rotatable bonds is 5. The molecule has 0 aromatic heterocycles. The highest BCUT2D eigenvalue weighted by molar-refractivity contribution is 5.37. The van der Waals surface area contributed by atoms with Gasteiger partial charge in [0.05, 0.1) is 19.8 Å². The van der Waals surface area contributed by atoms with Crippen LogP contribution >= 0.6 is 0 Å². The highest BCUT2D eigenvalue weighted by Crippen LogP contribution is 2.21. The first-order valence-corrected chi connectivity index (χ1v) is 5.00. The van der Waals surface area contributed by atoms with Crippen LogP contribution < -0.4 is 4.74 Å². The fourth-order valence-corrected chi connectivity index (χ4v) is 1.57. The Bertz CT molecular complexity index is 308. The van der Waals surface area contributed by atoms with Gasteiger partial charge >= 0.3 is 0 Å². The van der Waals surface area contributed by atoms with Crippen molar-refractivity contribution in [2.75, 3.05) is 14.2 Å². The normalized spacial score (nSPS) is 12.5. The number of hydrogen-bond acceptors (Lipinski definition) is 3. The Kier molecular flexibility index (Phi) is 4.59. The van der Waals surface area contributed by atoms with E-state index >= 15 is 0 Å². The minimum atomic E-state index is -0.325. The molecule has 0 spiro atoms. The lowest BCUT2D eigenvalue weighted by Crippen LogP contribution is -2.05. The molecule has 0 saturated carbocycles. The molecule has 0 amide bonds. The summed E-state index contributed by atoms with van der Waals surface area (Å²) in [5, 5.41) is 9.29. The molecular formula is C12H18O3. The van der Waals surface area contributed by atoms with Crippen molar-refractivity contribution < 1.29 is 14.6 Å². The Morgan fingerprint density at radius 2 is 2.07 bits per heavy atom. The van der Waals surface area contributed by atoms with Gasteiger partial charge in [0.1, 0.15) is 5.75 Å². The highest BCUT2D eigenvalue weighted by atomic mass is 16.5. The van der Waals surface area contributed by atoms with Crippen LogP contribution in [0.3, 0.4) is 0 Å². The van der Waals surface area contributed by atoms with E-state index in [1.165, 1.54) is 0 Å². The molecule has 15 heavy (non-hydrogen) atoms. The number of ether oxygens (including phenoxy) is 2. The molecule has 84 valence electrons. The number of hydrogen-bond donors (Lipinski definition) is 1. The maximum absolute atomic E-state index is 9.29. The molecule has 0 fully saturated rings. The van der Waals surface area contributed by atoms with Crippen molar-refractivity contribution in [2.24, 2.45) is 0 Å². The van der Waals surface area contributed by atoms with Crippen LogP contribution in [0.1, 0.15) is 18.1 Å². The van der Waals surface area contributed by atoms with Crippen LogP contribution in [0, 0.1) is 0 Å². The number of aliphatic hydroxyl groups is 1. The third-order valence-electron chi connectivity index (χ3n) is 2.18. The van der Waals surface area contributed by atoms with Crippen molar-refractivity contribution in [1.29, 1.82) is 0 Å². The molecule has 3 nitrogen and oxygen atoms in total. The quantitative estimate of drug-likeness (QED) is 0.805. The van der Waals surface area contributed by atoms with Gasteiger partial charge in [-0.3, -0.25) is 0 Å². The topological polar surface area (TPSA) is 38.7 Å². The van der Waals surface area contributed by atoms with Gasteiger partial charge in [0.25, 0.3) is 0 Å². The molecule has 0 aliphatic carbocycles. The van der Waals surface area contributed by atoms with Crippen molar-refractivity contribution in [3.63, 3.8) is 0 Å². The first-order chi connectivity index (χ1) is 7.17. The van der Waals surface area contributed by atoms with Gasteiger partial charge < -0.3 is 14.6 Å². The van der Waals surface area contributed by atoms with Crippen LogP contribution in [-0.2, 0) is 17.8 Å². The Morgan fingerprint density at radius 3 is 2.60 bits per heavy atom. The molecule has 1 atom stereocenters. The summed E-state index contributed by atoms with van der Waals surface area (Å²) in [5.74, 6) is 0.825. The third kappa shape index (κ3) is 3.53. The van der Waals surface area contributed by atoms with Crippen molar-refractivity contribution in [3.05, 3.63) is 29.3 Å². The van der Waals surface area contributed by atoms with Crippen LogP contribution in [0.5, 0.6) is 5.75 Å². The first kappa shape index (κ1) is 12.0. The molecule has 1 N–H and O–H groups in total. The fraction of sp³-hybridized carbons (Fsp3) is 0.500. The summed E-state index contributed by atoms with van der Waals surface area (Å²) >= 11 is 0. The van der Waals surface area contributed by atoms with Crippen LogP contribution in [0.4, 0.5) is 0 Å². The van der Waals surface area contributed by atoms with Crippen LogP contribution in [0.25, 0.3) is 0 Å². The first-order valence-electron chi connectivity index (χ1n) is 5.00. The van der Waals surface area contributed by atoms with Crippen LogP contribution in [-0.4, -0.2) is 25.4 Å². The Morgan fingerprint density at radius 1 is 1.33 bits per heavy atom. The Balaban J connectivity index is 2.88. The van der Waals surface area contributed by atoms with Crippen molar-refractivity contribution in [1.82, 2.24) is 0 Å². The maximum Gasteiger partial charge on any atom is 0.124 e. The van der Waals surface area contributed by atoms with E-state index in [4.69, 9.17) is 9.47 Å². The SMILES string of the molecule is COCc1cc(CC(C)O)ccc1OC. The second-order valence-corrected chi connectivity index (χ2v) is 3.63. The van der Waals surface area contributed by atoms with Crippen LogP contribution in [0.2, 0.25) is 0 Å². The lowest BCUT2D eigenvalue weighted by atomic mass is 10.1. The Hall–Kier alpha value is -1.06. The van der Waals surface area contributed by atoms with E-state index in [0.29, 0.717) is 13.0 Å². The van der Waals surface area contributed by atoms with Crippen LogP contribution in [0.15, 0.2) is 18.2 Å². The van der Waals surface area contributed by atoms with E-state index in [-0.39, 0.29) is 6.10 Å². The number of aliphatic hydroxyl groups excluding tert-OH is 1. The minimum absolute atomic E-state index is 0.325. The van der Waals surface area contributed by atoms with E-state index in [9.17, 15) is 5.11 Å². The summed E-state index contributed by atoms with van der Waals surface area (Å²) in [5.41, 5.74) is 2.11. The zero-order chi connectivity index (χ0) is 11.3. The predicted molar refractivity (Wildman–Crippen MR) is 59.1 cm³/mol. The maximum atomic E-state index is 9.29. The van der Waals surface area contributed by atoms with Crippen molar-refractivity contribution in [2.45, 2.75) is 26.1 Å². The summed E-state index contributed by atoms with van der Waals surface area (Å²) in [6.07, 6.45) is 0.328. The summed E-state index contributed by atoms with van der Waals surface area (Å²) < 4.78 is 10.3. The Labute approximate surface area is 90.6 Å². The summed E-state index contributed by atoms with van der Waals surface area (Å²) in [6.45, 7) is 2.30. The number of benzene rings is 1. The molecule has 3 heteroatoms. The standard InChI is InChI=1S/C12H18O3/c1-9(13)6-10-4-5-12(15-3)11(7-10)8-14-2/h4-5,7,9,13H,6,8H2,1-3H3. The molecule has 1 aromatic rings. The number of methoxy groups -OCH3 is 2. The highest BCUT2D eigenvalue weighted by Gasteiger charge is 2.05. The largest absolute Gasteiger partial charge is 0.496 e. The molecule has 0 bridgehead atoms. The monoisotopic (exact) mass is 210 g/mol. The van der Waals surface area contributed by atoms with E-state index < -0.39 is 0 Å². The summed E-state index contributed by atoms with van der Waals surface area (Å²) in [6, 6.07) is 5.88. The summed E-state index contributed by atoms with van der Waals surface area (Å²) in [4.78, 5) is 0. The van der Waals surface area contributed by atoms with E-state index in [2.05, 4.69) is 0 Å². The average Bonchev–Trinajstić information content (AvgIpc) is 2.18. The summed E-state index contributed by atoms with van der Waals surface area (Å²) in [7, 11) is 3.30. The van der Waals surface area contributed by atoms with Gasteiger partial charge in [-0.2, -0.15) is 0 Å². The van der Waals surface area contributed by atoms with Crippen molar-refractivity contribution in [3.8, 4) is 5.75 Å². The molecule has 0 aliphatic rings. The second kappa shape index (κ2) is 5.73. The van der Waals surface area contributed by atoms with Gasteiger partial charge in [-0.15, -0.1) is 0 Å². The minimum Gasteiger partial charge on any atom is -0.496 e. The van der Waals surface area contributed by atoms with E-state index in [0.717, 1.165) is 16.9 Å². The lowest BCUT2D eigenvalue weighted by Gasteiger charge is -2.11. The average molecular weight is 210 g/mol. The van der Waals surface area contributed by atoms with E-state index in [1.54, 1.807) is 21.1 Å². The van der Waals surface area contributed by atoms with Gasteiger partial charge in [0.15, 0.2) is 0 Å². The molecular weight excluding hydrogens is 192 g/mol. The lowest BCUT2D eigenvalue weighted by molar-refractivity contribution is 0.181. The molecule has 0 saturated heterocycles. The van der Waals surface area contributed by atoms with Gasteiger partial charge in [-0.05, 0) is 31.0 Å². The molecule has 0 aliphatic heterocycles. The zero-order valence-corrected chi connectivity index (χ0v) is 9.49. The third-order valence-corrected chi connectivity index (χ3v) is 2.18. The molecule has 0 heterocycles. The molecule has 1 aromatic carbocycles. The van der Waals surface area contributed by atoms with Gasteiger partial charge in [-0.25, -0.2) is 0 Å². The van der Waals surface area contributed by atoms with Gasteiger partial charge in [0.2, 0.25) is 0 Å². The smallest absolute Gasteiger partial charge is 0.124 e. The molecule has 1 unspecified atom stereocenters. The molecule has 0 radical (unpaired) electrons. The second-order valence-electron chi connectivity index (χ2n) is 3.63. The van der Waals surface area contributed by atoms with Gasteiger partial charge in [-0.1, -0.05) is 6.07 Å². The predicted octanol–water partition coefficient (Wildman–Crippen LogP) is 1.76. The van der Waals surface area contributed by atoms with E-state index in [1.807, 2.05) is 18.2 Å². The van der Waals surface area contributed by atoms with Gasteiger partial charge in [0, 0.05) is 12.7 Å².